The van der Waals surface area contributed by atoms with E-state index in [0.29, 0.717) is 40.3 Å². The zero-order valence-electron chi connectivity index (χ0n) is 37.4. The van der Waals surface area contributed by atoms with Gasteiger partial charge in [0.25, 0.3) is 11.1 Å². The van der Waals surface area contributed by atoms with E-state index in [2.05, 4.69) is 58.0 Å². The van der Waals surface area contributed by atoms with E-state index in [9.17, 15) is 37.5 Å². The van der Waals surface area contributed by atoms with Gasteiger partial charge in [0.05, 0.1) is 25.6 Å². The number of unbranched alkanes of at least 4 members (excludes halogenated alkanes) is 6. The quantitative estimate of drug-likeness (QED) is 0.0797. The van der Waals surface area contributed by atoms with E-state index >= 15 is 0 Å². The third kappa shape index (κ3) is 14.2. The highest BCUT2D eigenvalue weighted by molar-refractivity contribution is 5.70. The van der Waals surface area contributed by atoms with Crippen molar-refractivity contribution in [1.82, 2.24) is 19.1 Å². The average Bonchev–Trinajstić information content (AvgIpc) is 3.31. The second-order valence-electron chi connectivity index (χ2n) is 17.3. The molecule has 0 unspecified atom stereocenters. The first-order valence-corrected chi connectivity index (χ1v) is 23.3. The van der Waals surface area contributed by atoms with Gasteiger partial charge in [0.1, 0.15) is 0 Å². The molecule has 4 aromatic rings. The van der Waals surface area contributed by atoms with E-state index in [1.165, 1.54) is 74.8 Å². The summed E-state index contributed by atoms with van der Waals surface area (Å²) in [5.41, 5.74) is 0.173. The van der Waals surface area contributed by atoms with Gasteiger partial charge in [-0.25, -0.2) is 28.3 Å². The number of nitrogens with one attached hydrogen (secondary N) is 2. The second-order valence-corrected chi connectivity index (χ2v) is 17.3. The fraction of sp³-hybridized carbons (Fsp3) is 0.542. The molecule has 4 heterocycles. The summed E-state index contributed by atoms with van der Waals surface area (Å²) in [6.45, 7) is 8.32. The number of H-pyrrole nitrogens is 2. The van der Waals surface area contributed by atoms with Gasteiger partial charge in [-0.3, -0.25) is 19.6 Å². The third-order valence-electron chi connectivity index (χ3n) is 12.7. The first-order chi connectivity index (χ1) is 31.5. The van der Waals surface area contributed by atoms with Gasteiger partial charge in [-0.15, -0.1) is 0 Å². The lowest BCUT2D eigenvalue weighted by Gasteiger charge is -2.34. The summed E-state index contributed by atoms with van der Waals surface area (Å²) in [7, 11) is 0. The Balaban J connectivity index is 0.807. The monoisotopic (exact) mass is 903 g/mol. The number of halogens is 2. The van der Waals surface area contributed by atoms with Crippen LogP contribution in [0.1, 0.15) is 102 Å². The van der Waals surface area contributed by atoms with E-state index in [1.807, 2.05) is 12.1 Å². The van der Waals surface area contributed by atoms with Crippen molar-refractivity contribution in [2.45, 2.75) is 103 Å². The van der Waals surface area contributed by atoms with Crippen molar-refractivity contribution < 1.29 is 27.8 Å². The van der Waals surface area contributed by atoms with E-state index in [-0.39, 0.29) is 13.2 Å². The third-order valence-corrected chi connectivity index (χ3v) is 12.7. The van der Waals surface area contributed by atoms with Gasteiger partial charge in [0, 0.05) is 62.8 Å². The molecule has 0 amide bonds. The van der Waals surface area contributed by atoms with Crippen molar-refractivity contribution in [1.29, 1.82) is 0 Å². The van der Waals surface area contributed by atoms with Gasteiger partial charge in [-0.05, 0) is 98.7 Å². The van der Waals surface area contributed by atoms with Gasteiger partial charge < -0.3 is 24.2 Å². The Hall–Kier alpha value is -6.00. The predicted molar refractivity (Wildman–Crippen MR) is 247 cm³/mol. The van der Waals surface area contributed by atoms with Crippen LogP contribution in [-0.4, -0.2) is 83.8 Å². The zero-order chi connectivity index (χ0) is 46.1. The first-order valence-electron chi connectivity index (χ1n) is 23.3. The SMILES string of the molecule is CCCCN(CCCCCCCCC1CCN(c2ccc(CCOC(=O)n3cc(F)c(=O)[nH]c3=O)cc2)CC1)c1ccc(N2CCC(CCOC(=O)n3cc(F)c(=O)[nH]c3=O)CC2)cc1. The Kier molecular flexibility index (Phi) is 18.1. The summed E-state index contributed by atoms with van der Waals surface area (Å²) in [4.78, 5) is 81.2. The van der Waals surface area contributed by atoms with Crippen molar-refractivity contribution in [3.05, 3.63) is 120 Å². The number of benzene rings is 2. The molecule has 17 heteroatoms. The average molecular weight is 904 g/mol. The fourth-order valence-corrected chi connectivity index (χ4v) is 8.74. The maximum absolute atomic E-state index is 13.5. The molecule has 0 spiro atoms. The molecular formula is C48H63F2N7O8. The number of anilines is 3. The molecule has 2 aliphatic heterocycles. The highest BCUT2D eigenvalue weighted by Gasteiger charge is 2.22. The lowest BCUT2D eigenvalue weighted by Crippen LogP contribution is -2.36. The normalized spacial score (nSPS) is 14.7. The van der Waals surface area contributed by atoms with Crippen molar-refractivity contribution in [2.24, 2.45) is 11.8 Å². The molecule has 0 atom stereocenters. The maximum Gasteiger partial charge on any atom is 0.422 e. The molecule has 2 aromatic carbocycles. The number of nitrogens with zero attached hydrogens (tertiary/aromatic N) is 5. The fourth-order valence-electron chi connectivity index (χ4n) is 8.74. The Labute approximate surface area is 377 Å². The molecule has 2 aliphatic rings. The lowest BCUT2D eigenvalue weighted by molar-refractivity contribution is 0.135. The van der Waals surface area contributed by atoms with Crippen LogP contribution in [-0.2, 0) is 15.9 Å². The van der Waals surface area contributed by atoms with Crippen LogP contribution in [0.3, 0.4) is 0 Å². The van der Waals surface area contributed by atoms with Crippen LogP contribution in [0.2, 0.25) is 0 Å². The largest absolute Gasteiger partial charge is 0.449 e. The van der Waals surface area contributed by atoms with Gasteiger partial charge in [0.15, 0.2) is 0 Å². The number of rotatable bonds is 21. The van der Waals surface area contributed by atoms with Crippen molar-refractivity contribution in [2.75, 3.05) is 67.2 Å². The minimum Gasteiger partial charge on any atom is -0.449 e. The van der Waals surface area contributed by atoms with Crippen LogP contribution in [0, 0.1) is 23.5 Å². The molecule has 2 aromatic heterocycles. The van der Waals surface area contributed by atoms with Crippen LogP contribution in [0.5, 0.6) is 0 Å². The number of carbonyl (C=O) groups is 2. The maximum atomic E-state index is 13.5. The van der Waals surface area contributed by atoms with Gasteiger partial charge in [-0.1, -0.05) is 64.0 Å². The van der Waals surface area contributed by atoms with Crippen LogP contribution < -0.4 is 37.2 Å². The molecule has 352 valence electrons. The predicted octanol–water partition coefficient (Wildman–Crippen LogP) is 7.44. The summed E-state index contributed by atoms with van der Waals surface area (Å²) in [5.74, 6) is -1.34. The topological polar surface area (TPSA) is 172 Å². The molecule has 2 N–H and O–H groups in total. The van der Waals surface area contributed by atoms with Gasteiger partial charge in [0.2, 0.25) is 11.6 Å². The minimum atomic E-state index is -1.24. The molecule has 0 bridgehead atoms. The number of hydrogen-bond acceptors (Lipinski definition) is 11. The Bertz CT molecular complexity index is 2380. The van der Waals surface area contributed by atoms with Gasteiger partial charge >= 0.3 is 23.6 Å². The smallest absolute Gasteiger partial charge is 0.422 e. The van der Waals surface area contributed by atoms with E-state index in [4.69, 9.17) is 9.47 Å². The minimum absolute atomic E-state index is 0.00610. The summed E-state index contributed by atoms with van der Waals surface area (Å²) >= 11 is 0. The lowest BCUT2D eigenvalue weighted by atomic mass is 9.90. The van der Waals surface area contributed by atoms with Crippen molar-refractivity contribution in [3.8, 4) is 0 Å². The summed E-state index contributed by atoms with van der Waals surface area (Å²) in [6, 6.07) is 17.1. The van der Waals surface area contributed by atoms with Crippen LogP contribution >= 0.6 is 0 Å². The Morgan fingerprint density at radius 3 is 1.62 bits per heavy atom. The van der Waals surface area contributed by atoms with Crippen LogP contribution in [0.4, 0.5) is 35.4 Å². The first kappa shape index (κ1) is 48.5. The molecule has 2 saturated heterocycles. The molecule has 0 saturated carbocycles. The highest BCUT2D eigenvalue weighted by Crippen LogP contribution is 2.29. The van der Waals surface area contributed by atoms with Crippen molar-refractivity contribution >= 4 is 29.2 Å². The Morgan fingerprint density at radius 1 is 0.615 bits per heavy atom. The Morgan fingerprint density at radius 2 is 1.08 bits per heavy atom. The van der Waals surface area contributed by atoms with E-state index < -0.39 is 46.3 Å². The molecule has 0 radical (unpaired) electrons. The summed E-state index contributed by atoms with van der Waals surface area (Å²) in [6.07, 6.45) is 15.5. The number of hydrogen-bond donors (Lipinski definition) is 2. The molecule has 65 heavy (non-hydrogen) atoms. The van der Waals surface area contributed by atoms with Crippen molar-refractivity contribution in [3.63, 3.8) is 0 Å². The van der Waals surface area contributed by atoms with E-state index in [1.54, 1.807) is 9.97 Å². The standard InChI is InChI=1S/C48H63F2N7O8/c1-2-3-25-53(39-15-17-40(18-16-39)55-29-21-37(22-30-55)24-32-65-48(63)57-34-42(50)44(59)52-46(57)61)26-9-7-5-4-6-8-10-35-19-27-54(28-20-35)38-13-11-36(12-14-38)23-31-64-47(62)56-33-41(49)43(58)51-45(56)60/h11-18,33-35,37H,2-10,19-32H2,1H3,(H,51,58,60)(H,52,59,61). The number of aromatic nitrogens is 4. The van der Waals surface area contributed by atoms with Crippen LogP contribution in [0.15, 0.2) is 80.1 Å². The molecule has 6 rings (SSSR count). The second kappa shape index (κ2) is 24.3. The molecule has 15 nitrogen and oxygen atoms in total. The zero-order valence-corrected chi connectivity index (χ0v) is 37.4. The van der Waals surface area contributed by atoms with Gasteiger partial charge in [-0.2, -0.15) is 8.78 Å². The molecule has 2 fully saturated rings. The number of ether oxygens (including phenoxy) is 2. The summed E-state index contributed by atoms with van der Waals surface area (Å²) < 4.78 is 38.2. The molecule has 0 aliphatic carbocycles. The van der Waals surface area contributed by atoms with E-state index in [0.717, 1.165) is 76.4 Å². The number of carbonyl (C=O) groups excluding carboxylic acids is 2. The number of aromatic amines is 2. The highest BCUT2D eigenvalue weighted by atomic mass is 19.1. The number of piperidine rings is 2. The summed E-state index contributed by atoms with van der Waals surface area (Å²) in [5, 5.41) is 0. The molecular weight excluding hydrogens is 841 g/mol. The van der Waals surface area contributed by atoms with Crippen LogP contribution in [0.25, 0.3) is 0 Å².